The molecule has 0 amide bonds. The number of hydrogen-bond acceptors (Lipinski definition) is 3. The number of carbonyl (C=O) groups is 1. The highest BCUT2D eigenvalue weighted by molar-refractivity contribution is 6.30. The molecule has 24 heavy (non-hydrogen) atoms. The Bertz CT molecular complexity index is 682. The Morgan fingerprint density at radius 3 is 2.54 bits per heavy atom. The molecule has 126 valence electrons. The van der Waals surface area contributed by atoms with Gasteiger partial charge in [0.15, 0.2) is 5.78 Å². The van der Waals surface area contributed by atoms with Crippen molar-refractivity contribution >= 4 is 17.4 Å². The largest absolute Gasteiger partial charge is 0.497 e. The molecule has 1 saturated heterocycles. The van der Waals surface area contributed by atoms with Crippen molar-refractivity contribution in [1.82, 2.24) is 4.90 Å². The SMILES string of the molecule is COc1ccc(CN2CCC[C@H](C(=O)c3ccc(Cl)cc3)C2)cc1. The summed E-state index contributed by atoms with van der Waals surface area (Å²) in [6.07, 6.45) is 2.01. The number of ether oxygens (including phenoxy) is 1. The minimum absolute atomic E-state index is 0.0678. The summed E-state index contributed by atoms with van der Waals surface area (Å²) in [6, 6.07) is 15.4. The number of ketones is 1. The maximum absolute atomic E-state index is 12.7. The van der Waals surface area contributed by atoms with Crippen LogP contribution >= 0.6 is 11.6 Å². The van der Waals surface area contributed by atoms with E-state index in [-0.39, 0.29) is 11.7 Å². The molecule has 0 aliphatic carbocycles. The van der Waals surface area contributed by atoms with Crippen molar-refractivity contribution < 1.29 is 9.53 Å². The molecule has 0 aromatic heterocycles. The maximum Gasteiger partial charge on any atom is 0.167 e. The minimum atomic E-state index is 0.0678. The van der Waals surface area contributed by atoms with Gasteiger partial charge in [-0.15, -0.1) is 0 Å². The lowest BCUT2D eigenvalue weighted by Gasteiger charge is -2.32. The number of rotatable bonds is 5. The average Bonchev–Trinajstić information content (AvgIpc) is 2.63. The molecule has 0 N–H and O–H groups in total. The number of carbonyl (C=O) groups excluding carboxylic acids is 1. The van der Waals surface area contributed by atoms with E-state index in [2.05, 4.69) is 17.0 Å². The molecular formula is C20H22ClNO2. The van der Waals surface area contributed by atoms with Crippen molar-refractivity contribution in [2.75, 3.05) is 20.2 Å². The van der Waals surface area contributed by atoms with Crippen LogP contribution in [0.2, 0.25) is 5.02 Å². The Morgan fingerprint density at radius 1 is 1.17 bits per heavy atom. The zero-order chi connectivity index (χ0) is 16.9. The van der Waals surface area contributed by atoms with Gasteiger partial charge in [0, 0.05) is 29.6 Å². The third-order valence-electron chi connectivity index (χ3n) is 4.57. The van der Waals surface area contributed by atoms with Gasteiger partial charge in [0.2, 0.25) is 0 Å². The average molecular weight is 344 g/mol. The summed E-state index contributed by atoms with van der Waals surface area (Å²) in [7, 11) is 1.67. The summed E-state index contributed by atoms with van der Waals surface area (Å²) in [5.74, 6) is 1.16. The van der Waals surface area contributed by atoms with Gasteiger partial charge in [-0.3, -0.25) is 9.69 Å². The van der Waals surface area contributed by atoms with Crippen molar-refractivity contribution in [2.45, 2.75) is 19.4 Å². The molecule has 0 spiro atoms. The zero-order valence-electron chi connectivity index (χ0n) is 13.9. The van der Waals surface area contributed by atoms with Crippen LogP contribution in [0.1, 0.15) is 28.8 Å². The Kier molecular flexibility index (Phi) is 5.54. The number of benzene rings is 2. The van der Waals surface area contributed by atoms with E-state index in [0.29, 0.717) is 5.02 Å². The van der Waals surface area contributed by atoms with Gasteiger partial charge >= 0.3 is 0 Å². The maximum atomic E-state index is 12.7. The van der Waals surface area contributed by atoms with Crippen molar-refractivity contribution in [3.8, 4) is 5.75 Å². The third-order valence-corrected chi connectivity index (χ3v) is 4.82. The second-order valence-corrected chi connectivity index (χ2v) is 6.73. The first-order valence-electron chi connectivity index (χ1n) is 8.31. The van der Waals surface area contributed by atoms with Crippen LogP contribution in [0.3, 0.4) is 0 Å². The number of nitrogens with zero attached hydrogens (tertiary/aromatic N) is 1. The number of likely N-dealkylation sites (tertiary alicyclic amines) is 1. The second-order valence-electron chi connectivity index (χ2n) is 6.29. The Hall–Kier alpha value is -1.84. The molecule has 2 aromatic carbocycles. The third kappa shape index (κ3) is 4.16. The first kappa shape index (κ1) is 17.0. The lowest BCUT2D eigenvalue weighted by Crippen LogP contribution is -2.38. The fourth-order valence-corrected chi connectivity index (χ4v) is 3.38. The van der Waals surface area contributed by atoms with Crippen molar-refractivity contribution in [1.29, 1.82) is 0 Å². The standard InChI is InChI=1S/C20H22ClNO2/c1-24-19-10-4-15(5-11-19)13-22-12-2-3-17(14-22)20(23)16-6-8-18(21)9-7-16/h4-11,17H,2-3,12-14H2,1H3/t17-/m0/s1. The molecular weight excluding hydrogens is 322 g/mol. The highest BCUT2D eigenvalue weighted by Gasteiger charge is 2.26. The quantitative estimate of drug-likeness (QED) is 0.751. The molecule has 0 saturated carbocycles. The first-order valence-corrected chi connectivity index (χ1v) is 8.68. The number of methoxy groups -OCH3 is 1. The summed E-state index contributed by atoms with van der Waals surface area (Å²) in [5.41, 5.74) is 2.01. The van der Waals surface area contributed by atoms with E-state index in [1.54, 1.807) is 19.2 Å². The molecule has 4 heteroatoms. The molecule has 3 nitrogen and oxygen atoms in total. The summed E-state index contributed by atoms with van der Waals surface area (Å²) in [6.45, 7) is 2.72. The van der Waals surface area contributed by atoms with Crippen LogP contribution in [0.15, 0.2) is 48.5 Å². The molecule has 1 atom stereocenters. The van der Waals surface area contributed by atoms with E-state index in [1.807, 2.05) is 24.3 Å². The van der Waals surface area contributed by atoms with E-state index < -0.39 is 0 Å². The Morgan fingerprint density at radius 2 is 1.88 bits per heavy atom. The highest BCUT2D eigenvalue weighted by atomic mass is 35.5. The molecule has 3 rings (SSSR count). The van der Waals surface area contributed by atoms with E-state index in [4.69, 9.17) is 16.3 Å². The fraction of sp³-hybridized carbons (Fsp3) is 0.350. The van der Waals surface area contributed by atoms with Gasteiger partial charge in [-0.2, -0.15) is 0 Å². The summed E-state index contributed by atoms with van der Waals surface area (Å²) in [4.78, 5) is 15.1. The van der Waals surface area contributed by atoms with Gasteiger partial charge in [0.05, 0.1) is 7.11 Å². The molecule has 1 aliphatic heterocycles. The molecule has 1 heterocycles. The molecule has 0 bridgehead atoms. The van der Waals surface area contributed by atoms with E-state index in [1.165, 1.54) is 5.56 Å². The van der Waals surface area contributed by atoms with Crippen LogP contribution in [0.4, 0.5) is 0 Å². The highest BCUT2D eigenvalue weighted by Crippen LogP contribution is 2.23. The predicted molar refractivity (Wildman–Crippen MR) is 96.8 cm³/mol. The summed E-state index contributed by atoms with van der Waals surface area (Å²) in [5, 5.41) is 0.663. The van der Waals surface area contributed by atoms with Crippen LogP contribution in [-0.2, 0) is 6.54 Å². The predicted octanol–water partition coefficient (Wildman–Crippen LogP) is 4.44. The topological polar surface area (TPSA) is 29.5 Å². The minimum Gasteiger partial charge on any atom is -0.497 e. The van der Waals surface area contributed by atoms with Crippen LogP contribution in [0, 0.1) is 5.92 Å². The van der Waals surface area contributed by atoms with E-state index >= 15 is 0 Å². The zero-order valence-corrected chi connectivity index (χ0v) is 14.6. The van der Waals surface area contributed by atoms with E-state index in [0.717, 1.165) is 43.8 Å². The van der Waals surface area contributed by atoms with Crippen LogP contribution < -0.4 is 4.74 Å². The molecule has 1 fully saturated rings. The monoisotopic (exact) mass is 343 g/mol. The molecule has 2 aromatic rings. The van der Waals surface area contributed by atoms with Gasteiger partial charge in [0.25, 0.3) is 0 Å². The normalized spacial score (nSPS) is 18.3. The van der Waals surface area contributed by atoms with E-state index in [9.17, 15) is 4.79 Å². The van der Waals surface area contributed by atoms with Gasteiger partial charge < -0.3 is 4.74 Å². The van der Waals surface area contributed by atoms with Crippen molar-refractivity contribution in [3.05, 3.63) is 64.7 Å². The summed E-state index contributed by atoms with van der Waals surface area (Å²) >= 11 is 5.91. The number of halogens is 1. The van der Waals surface area contributed by atoms with Crippen LogP contribution in [0.25, 0.3) is 0 Å². The van der Waals surface area contributed by atoms with Crippen molar-refractivity contribution in [2.24, 2.45) is 5.92 Å². The Labute approximate surface area is 148 Å². The Balaban J connectivity index is 1.63. The number of piperidine rings is 1. The van der Waals surface area contributed by atoms with Gasteiger partial charge in [-0.1, -0.05) is 23.7 Å². The molecule has 1 aliphatic rings. The summed E-state index contributed by atoms with van der Waals surface area (Å²) < 4.78 is 5.20. The number of hydrogen-bond donors (Lipinski definition) is 0. The van der Waals surface area contributed by atoms with Crippen LogP contribution in [0.5, 0.6) is 5.75 Å². The van der Waals surface area contributed by atoms with Gasteiger partial charge in [-0.05, 0) is 61.3 Å². The van der Waals surface area contributed by atoms with Crippen molar-refractivity contribution in [3.63, 3.8) is 0 Å². The molecule has 0 radical (unpaired) electrons. The second kappa shape index (κ2) is 7.82. The smallest absolute Gasteiger partial charge is 0.167 e. The van der Waals surface area contributed by atoms with Crippen LogP contribution in [-0.4, -0.2) is 30.9 Å². The fourth-order valence-electron chi connectivity index (χ4n) is 3.25. The number of Topliss-reactive ketones (excluding diaryl/α,β-unsaturated/α-hetero) is 1. The lowest BCUT2D eigenvalue weighted by atomic mass is 9.90. The van der Waals surface area contributed by atoms with Gasteiger partial charge in [0.1, 0.15) is 5.75 Å². The first-order chi connectivity index (χ1) is 11.7. The van der Waals surface area contributed by atoms with Gasteiger partial charge in [-0.25, -0.2) is 0 Å². The lowest BCUT2D eigenvalue weighted by molar-refractivity contribution is 0.0811. The molecule has 0 unspecified atom stereocenters.